The van der Waals surface area contributed by atoms with Crippen molar-refractivity contribution in [2.24, 2.45) is 0 Å². The second kappa shape index (κ2) is 7.22. The Bertz CT molecular complexity index is 1320. The molecule has 0 saturated carbocycles. The summed E-state index contributed by atoms with van der Waals surface area (Å²) in [6, 6.07) is 17.1. The van der Waals surface area contributed by atoms with Gasteiger partial charge in [0.15, 0.2) is 5.78 Å². The number of hydrogen-bond donors (Lipinski definition) is 0. The molecule has 0 bridgehead atoms. The lowest BCUT2D eigenvalue weighted by Gasteiger charge is -2.12. The van der Waals surface area contributed by atoms with Crippen LogP contribution in [-0.2, 0) is 6.54 Å². The van der Waals surface area contributed by atoms with Crippen LogP contribution in [0.15, 0.2) is 70.3 Å². The number of hydrogen-bond acceptors (Lipinski definition) is 4. The Labute approximate surface area is 169 Å². The first-order chi connectivity index (χ1) is 13.5. The molecule has 28 heavy (non-hydrogen) atoms. The predicted octanol–water partition coefficient (Wildman–Crippen LogP) is 4.06. The number of aryl methyl sites for hydroxylation is 1. The summed E-state index contributed by atoms with van der Waals surface area (Å²) in [5.74, 6) is -0.202. The van der Waals surface area contributed by atoms with Gasteiger partial charge in [0.2, 0.25) is 0 Å². The zero-order valence-corrected chi connectivity index (χ0v) is 16.5. The summed E-state index contributed by atoms with van der Waals surface area (Å²) in [5.41, 5.74) is -0.105. The molecule has 0 fully saturated rings. The number of carbonyl (C=O) groups excluding carboxylic acids is 1. The Kier molecular flexibility index (Phi) is 4.75. The number of thiophene rings is 1. The standard InChI is InChI=1S/C21H15ClN2O3S/c1-13-10-17-19(26)24(16-9-5-8-15(22)11-16)21(27)23(20(17)28-13)12-18(25)14-6-3-2-4-7-14/h2-11H,12H2,1H3. The molecule has 140 valence electrons. The first kappa shape index (κ1) is 18.4. The van der Waals surface area contributed by atoms with Crippen molar-refractivity contribution in [1.29, 1.82) is 0 Å². The number of benzene rings is 2. The maximum Gasteiger partial charge on any atom is 0.337 e. The fraction of sp³-hybridized carbons (Fsp3) is 0.0952. The molecular formula is C21H15ClN2O3S. The molecule has 2 heterocycles. The SMILES string of the molecule is Cc1cc2c(=O)n(-c3cccc(Cl)c3)c(=O)n(CC(=O)c3ccccc3)c2s1. The van der Waals surface area contributed by atoms with Gasteiger partial charge in [-0.05, 0) is 31.2 Å². The number of nitrogens with zero attached hydrogens (tertiary/aromatic N) is 2. The minimum atomic E-state index is -0.564. The summed E-state index contributed by atoms with van der Waals surface area (Å²) in [6.45, 7) is 1.71. The second-order valence-electron chi connectivity index (χ2n) is 6.35. The lowest BCUT2D eigenvalue weighted by molar-refractivity contribution is 0.0972. The normalized spacial score (nSPS) is 11.1. The van der Waals surface area contributed by atoms with Gasteiger partial charge in [-0.1, -0.05) is 48.0 Å². The van der Waals surface area contributed by atoms with Crippen LogP contribution in [0, 0.1) is 6.92 Å². The van der Waals surface area contributed by atoms with Crippen LogP contribution < -0.4 is 11.2 Å². The molecule has 2 aromatic carbocycles. The van der Waals surface area contributed by atoms with E-state index in [9.17, 15) is 14.4 Å². The Hall–Kier alpha value is -2.96. The van der Waals surface area contributed by atoms with E-state index in [1.807, 2.05) is 13.0 Å². The van der Waals surface area contributed by atoms with Crippen LogP contribution in [0.1, 0.15) is 15.2 Å². The van der Waals surface area contributed by atoms with Crippen molar-refractivity contribution in [1.82, 2.24) is 9.13 Å². The van der Waals surface area contributed by atoms with E-state index in [0.717, 1.165) is 9.44 Å². The number of halogens is 1. The smallest absolute Gasteiger partial charge is 0.292 e. The molecule has 0 aliphatic heterocycles. The van der Waals surface area contributed by atoms with Crippen LogP contribution in [-0.4, -0.2) is 14.9 Å². The van der Waals surface area contributed by atoms with E-state index in [4.69, 9.17) is 11.6 Å². The lowest BCUT2D eigenvalue weighted by Crippen LogP contribution is -2.39. The Morgan fingerprint density at radius 3 is 2.50 bits per heavy atom. The molecule has 0 aliphatic rings. The highest BCUT2D eigenvalue weighted by atomic mass is 35.5. The van der Waals surface area contributed by atoms with Crippen LogP contribution >= 0.6 is 22.9 Å². The zero-order valence-electron chi connectivity index (χ0n) is 14.9. The molecule has 5 nitrogen and oxygen atoms in total. The molecule has 0 spiro atoms. The van der Waals surface area contributed by atoms with Gasteiger partial charge in [-0.3, -0.25) is 14.2 Å². The summed E-state index contributed by atoms with van der Waals surface area (Å²) >= 11 is 7.37. The highest BCUT2D eigenvalue weighted by Crippen LogP contribution is 2.22. The summed E-state index contributed by atoms with van der Waals surface area (Å²) in [4.78, 5) is 40.4. The van der Waals surface area contributed by atoms with E-state index in [2.05, 4.69) is 0 Å². The number of rotatable bonds is 4. The van der Waals surface area contributed by atoms with E-state index >= 15 is 0 Å². The van der Waals surface area contributed by atoms with Crippen LogP contribution in [0.5, 0.6) is 0 Å². The van der Waals surface area contributed by atoms with Gasteiger partial charge in [0.25, 0.3) is 5.56 Å². The molecule has 0 amide bonds. The molecule has 0 atom stereocenters. The molecule has 7 heteroatoms. The molecule has 0 aliphatic carbocycles. The molecule has 0 saturated heterocycles. The molecule has 0 unspecified atom stereocenters. The predicted molar refractivity (Wildman–Crippen MR) is 112 cm³/mol. The summed E-state index contributed by atoms with van der Waals surface area (Å²) in [7, 11) is 0. The van der Waals surface area contributed by atoms with Crippen LogP contribution in [0.4, 0.5) is 0 Å². The van der Waals surface area contributed by atoms with Crippen molar-refractivity contribution in [2.45, 2.75) is 13.5 Å². The van der Waals surface area contributed by atoms with Gasteiger partial charge < -0.3 is 0 Å². The van der Waals surface area contributed by atoms with E-state index in [1.165, 1.54) is 15.9 Å². The van der Waals surface area contributed by atoms with Crippen LogP contribution in [0.2, 0.25) is 5.02 Å². The zero-order chi connectivity index (χ0) is 19.8. The lowest BCUT2D eigenvalue weighted by atomic mass is 10.1. The quantitative estimate of drug-likeness (QED) is 0.477. The monoisotopic (exact) mass is 410 g/mol. The molecular weight excluding hydrogens is 396 g/mol. The largest absolute Gasteiger partial charge is 0.337 e. The van der Waals surface area contributed by atoms with Gasteiger partial charge in [-0.15, -0.1) is 11.3 Å². The first-order valence-corrected chi connectivity index (χ1v) is 9.75. The fourth-order valence-corrected chi connectivity index (χ4v) is 4.29. The van der Waals surface area contributed by atoms with E-state index in [-0.39, 0.29) is 12.3 Å². The van der Waals surface area contributed by atoms with Gasteiger partial charge in [0, 0.05) is 15.5 Å². The molecule has 0 N–H and O–H groups in total. The third-order valence-corrected chi connectivity index (χ3v) is 5.71. The maximum atomic E-state index is 13.2. The minimum Gasteiger partial charge on any atom is -0.292 e. The third kappa shape index (κ3) is 3.21. The first-order valence-electron chi connectivity index (χ1n) is 8.56. The van der Waals surface area contributed by atoms with E-state index in [1.54, 1.807) is 54.6 Å². The van der Waals surface area contributed by atoms with Gasteiger partial charge in [-0.25, -0.2) is 9.36 Å². The van der Waals surface area contributed by atoms with Crippen molar-refractivity contribution in [3.8, 4) is 5.69 Å². The average molecular weight is 411 g/mol. The van der Waals surface area contributed by atoms with Crippen LogP contribution in [0.3, 0.4) is 0 Å². The number of Topliss-reactive ketones (excluding diaryl/α,β-unsaturated/α-hetero) is 1. The van der Waals surface area contributed by atoms with Crippen molar-refractivity contribution in [2.75, 3.05) is 0 Å². The van der Waals surface area contributed by atoms with Gasteiger partial charge in [-0.2, -0.15) is 0 Å². The van der Waals surface area contributed by atoms with Gasteiger partial charge in [0.1, 0.15) is 4.83 Å². The number of carbonyl (C=O) groups is 1. The molecule has 4 aromatic rings. The van der Waals surface area contributed by atoms with Crippen molar-refractivity contribution in [3.05, 3.63) is 97.0 Å². The highest BCUT2D eigenvalue weighted by molar-refractivity contribution is 7.18. The summed E-state index contributed by atoms with van der Waals surface area (Å²) < 4.78 is 2.43. The fourth-order valence-electron chi connectivity index (χ4n) is 3.11. The highest BCUT2D eigenvalue weighted by Gasteiger charge is 2.19. The summed E-state index contributed by atoms with van der Waals surface area (Å²) in [6.07, 6.45) is 0. The second-order valence-corrected chi connectivity index (χ2v) is 8.03. The Morgan fingerprint density at radius 2 is 1.79 bits per heavy atom. The molecule has 2 aromatic heterocycles. The minimum absolute atomic E-state index is 0.153. The Balaban J connectivity index is 1.97. The summed E-state index contributed by atoms with van der Waals surface area (Å²) in [5, 5.41) is 0.820. The maximum absolute atomic E-state index is 13.2. The van der Waals surface area contributed by atoms with Gasteiger partial charge >= 0.3 is 5.69 Å². The van der Waals surface area contributed by atoms with E-state index < -0.39 is 11.2 Å². The Morgan fingerprint density at radius 1 is 1.04 bits per heavy atom. The third-order valence-electron chi connectivity index (χ3n) is 4.40. The number of aromatic nitrogens is 2. The number of fused-ring (bicyclic) bond motifs is 1. The van der Waals surface area contributed by atoms with Crippen molar-refractivity contribution in [3.63, 3.8) is 0 Å². The number of ketones is 1. The van der Waals surface area contributed by atoms with Gasteiger partial charge in [0.05, 0.1) is 17.6 Å². The van der Waals surface area contributed by atoms with Crippen molar-refractivity contribution >= 4 is 38.9 Å². The van der Waals surface area contributed by atoms with E-state index in [0.29, 0.717) is 26.5 Å². The average Bonchev–Trinajstić information content (AvgIpc) is 3.08. The molecule has 4 rings (SSSR count). The topological polar surface area (TPSA) is 61.1 Å². The van der Waals surface area contributed by atoms with Crippen molar-refractivity contribution < 1.29 is 4.79 Å². The molecule has 0 radical (unpaired) electrons. The van der Waals surface area contributed by atoms with Crippen LogP contribution in [0.25, 0.3) is 15.9 Å².